The number of amides is 1. The number of primary amides is 1. The predicted molar refractivity (Wildman–Crippen MR) is 93.8 cm³/mol. The minimum Gasteiger partial charge on any atom is -0.368 e. The summed E-state index contributed by atoms with van der Waals surface area (Å²) in [6, 6.07) is 9.28. The molecular weight excluding hydrogens is 318 g/mol. The van der Waals surface area contributed by atoms with Crippen LogP contribution in [0.3, 0.4) is 0 Å². The Bertz CT molecular complexity index is 871. The molecule has 3 aromatic rings. The van der Waals surface area contributed by atoms with E-state index in [1.807, 2.05) is 30.3 Å². The van der Waals surface area contributed by atoms with Crippen molar-refractivity contribution in [3.8, 4) is 0 Å². The van der Waals surface area contributed by atoms with Crippen molar-refractivity contribution in [1.29, 1.82) is 0 Å². The summed E-state index contributed by atoms with van der Waals surface area (Å²) in [5.74, 6) is 0.549. The number of benzene rings is 1. The lowest BCUT2D eigenvalue weighted by Crippen LogP contribution is -2.50. The maximum atomic E-state index is 12.0. The Balaban J connectivity index is 1.53. The maximum Gasteiger partial charge on any atom is 0.239 e. The molecule has 2 aromatic heterocycles. The summed E-state index contributed by atoms with van der Waals surface area (Å²) in [6.45, 7) is 2.97. The molecule has 1 fully saturated rings. The summed E-state index contributed by atoms with van der Waals surface area (Å²) in [5, 5.41) is 7.81. The molecule has 8 nitrogen and oxygen atoms in total. The van der Waals surface area contributed by atoms with Crippen molar-refractivity contribution in [2.75, 3.05) is 31.1 Å². The van der Waals surface area contributed by atoms with Gasteiger partial charge in [0.2, 0.25) is 5.91 Å². The second-order valence-electron chi connectivity index (χ2n) is 6.07. The van der Waals surface area contributed by atoms with Crippen LogP contribution in [0.25, 0.3) is 11.0 Å². The van der Waals surface area contributed by atoms with Crippen LogP contribution in [-0.4, -0.2) is 57.2 Å². The number of anilines is 1. The van der Waals surface area contributed by atoms with Gasteiger partial charge in [-0.05, 0) is 5.56 Å². The van der Waals surface area contributed by atoms with Crippen molar-refractivity contribution in [3.63, 3.8) is 0 Å². The Morgan fingerprint density at radius 2 is 1.88 bits per heavy atom. The fourth-order valence-corrected chi connectivity index (χ4v) is 3.39. The monoisotopic (exact) mass is 337 g/mol. The van der Waals surface area contributed by atoms with Gasteiger partial charge in [-0.15, -0.1) is 0 Å². The van der Waals surface area contributed by atoms with Crippen LogP contribution >= 0.6 is 0 Å². The second-order valence-corrected chi connectivity index (χ2v) is 6.07. The van der Waals surface area contributed by atoms with Crippen molar-refractivity contribution >= 4 is 22.8 Å². The molecule has 1 atom stereocenters. The molecule has 3 N–H and O–H groups in total. The summed E-state index contributed by atoms with van der Waals surface area (Å²) in [7, 11) is 0. The highest BCUT2D eigenvalue weighted by Crippen LogP contribution is 2.26. The maximum absolute atomic E-state index is 12.0. The van der Waals surface area contributed by atoms with E-state index < -0.39 is 6.04 Å². The molecule has 0 radical (unpaired) electrons. The number of nitrogens with two attached hydrogens (primary N) is 1. The Labute approximate surface area is 144 Å². The van der Waals surface area contributed by atoms with E-state index in [1.54, 1.807) is 12.5 Å². The predicted octanol–water partition coefficient (Wildman–Crippen LogP) is 0.701. The van der Waals surface area contributed by atoms with E-state index in [0.717, 1.165) is 48.6 Å². The Morgan fingerprint density at radius 3 is 2.60 bits per heavy atom. The van der Waals surface area contributed by atoms with Crippen LogP contribution in [0.5, 0.6) is 0 Å². The summed E-state index contributed by atoms with van der Waals surface area (Å²) < 4.78 is 0. The molecule has 1 aliphatic rings. The average Bonchev–Trinajstić information content (AvgIpc) is 3.12. The van der Waals surface area contributed by atoms with E-state index in [0.29, 0.717) is 0 Å². The van der Waals surface area contributed by atoms with Crippen LogP contribution in [0.2, 0.25) is 0 Å². The molecule has 0 spiro atoms. The number of fused-ring (bicyclic) bond motifs is 1. The van der Waals surface area contributed by atoms with E-state index in [4.69, 9.17) is 5.73 Å². The molecule has 1 aliphatic heterocycles. The number of H-pyrrole nitrogens is 1. The quantitative estimate of drug-likeness (QED) is 0.726. The number of aromatic amines is 1. The van der Waals surface area contributed by atoms with Gasteiger partial charge in [0, 0.05) is 26.2 Å². The molecule has 1 saturated heterocycles. The molecular formula is C17H19N7O. The normalized spacial score (nSPS) is 16.9. The Morgan fingerprint density at radius 1 is 1.12 bits per heavy atom. The highest BCUT2D eigenvalue weighted by molar-refractivity contribution is 5.86. The third-order valence-corrected chi connectivity index (χ3v) is 4.59. The Hall–Kier alpha value is -3.00. The number of piperazine rings is 1. The summed E-state index contributed by atoms with van der Waals surface area (Å²) in [5.41, 5.74) is 7.34. The minimum absolute atomic E-state index is 0.320. The fourth-order valence-electron chi connectivity index (χ4n) is 3.39. The van der Waals surface area contributed by atoms with E-state index in [9.17, 15) is 4.79 Å². The van der Waals surface area contributed by atoms with Gasteiger partial charge in [0.1, 0.15) is 18.2 Å². The summed E-state index contributed by atoms with van der Waals surface area (Å²) >= 11 is 0. The van der Waals surface area contributed by atoms with E-state index in [2.05, 4.69) is 30.0 Å². The van der Waals surface area contributed by atoms with Gasteiger partial charge in [-0.1, -0.05) is 30.3 Å². The molecule has 4 rings (SSSR count). The zero-order valence-electron chi connectivity index (χ0n) is 13.7. The van der Waals surface area contributed by atoms with Gasteiger partial charge < -0.3 is 10.6 Å². The molecule has 128 valence electrons. The molecule has 0 aliphatic carbocycles. The largest absolute Gasteiger partial charge is 0.368 e. The van der Waals surface area contributed by atoms with Crippen LogP contribution in [0, 0.1) is 0 Å². The average molecular weight is 337 g/mol. The van der Waals surface area contributed by atoms with Gasteiger partial charge in [0.25, 0.3) is 0 Å². The van der Waals surface area contributed by atoms with Crippen LogP contribution in [0.1, 0.15) is 11.6 Å². The molecule has 1 aromatic carbocycles. The first-order valence-electron chi connectivity index (χ1n) is 8.21. The van der Waals surface area contributed by atoms with Gasteiger partial charge >= 0.3 is 0 Å². The van der Waals surface area contributed by atoms with Gasteiger partial charge in [-0.2, -0.15) is 5.10 Å². The minimum atomic E-state index is -0.400. The van der Waals surface area contributed by atoms with E-state index in [1.165, 1.54) is 0 Å². The third kappa shape index (κ3) is 2.91. The van der Waals surface area contributed by atoms with Gasteiger partial charge in [-0.25, -0.2) is 9.97 Å². The van der Waals surface area contributed by atoms with Crippen LogP contribution in [0.4, 0.5) is 5.82 Å². The second kappa shape index (κ2) is 6.48. The number of hydrogen-bond acceptors (Lipinski definition) is 6. The van der Waals surface area contributed by atoms with Crippen molar-refractivity contribution in [2.45, 2.75) is 6.04 Å². The number of nitrogens with one attached hydrogen (secondary N) is 1. The van der Waals surface area contributed by atoms with Gasteiger partial charge in [-0.3, -0.25) is 14.8 Å². The van der Waals surface area contributed by atoms with E-state index >= 15 is 0 Å². The first-order chi connectivity index (χ1) is 12.2. The first kappa shape index (κ1) is 15.5. The van der Waals surface area contributed by atoms with E-state index in [-0.39, 0.29) is 5.91 Å². The molecule has 1 unspecified atom stereocenters. The highest BCUT2D eigenvalue weighted by Gasteiger charge is 2.29. The zero-order valence-corrected chi connectivity index (χ0v) is 13.7. The van der Waals surface area contributed by atoms with Crippen molar-refractivity contribution in [1.82, 2.24) is 25.1 Å². The van der Waals surface area contributed by atoms with Crippen molar-refractivity contribution in [3.05, 3.63) is 48.4 Å². The zero-order chi connectivity index (χ0) is 17.2. The number of carbonyl (C=O) groups is 1. The topological polar surface area (TPSA) is 104 Å². The standard InChI is InChI=1S/C17H19N7O/c18-15(25)14(12-4-2-1-3-5-12)23-6-8-24(9-7-23)17-13-10-21-22-16(13)19-11-20-17/h1-5,10-11,14H,6-9H2,(H2,18,25)(H,19,20,21,22). The van der Waals surface area contributed by atoms with Crippen molar-refractivity contribution < 1.29 is 4.79 Å². The first-order valence-corrected chi connectivity index (χ1v) is 8.21. The molecule has 0 bridgehead atoms. The number of rotatable bonds is 4. The lowest BCUT2D eigenvalue weighted by molar-refractivity contribution is -0.123. The van der Waals surface area contributed by atoms with Crippen molar-refractivity contribution in [2.24, 2.45) is 5.73 Å². The molecule has 1 amide bonds. The van der Waals surface area contributed by atoms with Crippen LogP contribution in [-0.2, 0) is 4.79 Å². The molecule has 0 saturated carbocycles. The molecule has 25 heavy (non-hydrogen) atoms. The summed E-state index contributed by atoms with van der Waals surface area (Å²) in [6.07, 6.45) is 3.28. The molecule has 8 heteroatoms. The smallest absolute Gasteiger partial charge is 0.239 e. The lowest BCUT2D eigenvalue weighted by Gasteiger charge is -2.38. The number of hydrogen-bond donors (Lipinski definition) is 2. The fraction of sp³-hybridized carbons (Fsp3) is 0.294. The van der Waals surface area contributed by atoms with Crippen LogP contribution in [0.15, 0.2) is 42.9 Å². The van der Waals surface area contributed by atoms with Gasteiger partial charge in [0.15, 0.2) is 5.65 Å². The number of nitrogens with zero attached hydrogens (tertiary/aromatic N) is 5. The number of carbonyl (C=O) groups excluding carboxylic acids is 1. The number of aromatic nitrogens is 4. The summed E-state index contributed by atoms with van der Waals surface area (Å²) in [4.78, 5) is 24.9. The van der Waals surface area contributed by atoms with Crippen LogP contribution < -0.4 is 10.6 Å². The molecule has 3 heterocycles. The lowest BCUT2D eigenvalue weighted by atomic mass is 10.0. The third-order valence-electron chi connectivity index (χ3n) is 4.59. The highest BCUT2D eigenvalue weighted by atomic mass is 16.1. The SMILES string of the molecule is NC(=O)C(c1ccccc1)N1CCN(c2ncnc3[nH]ncc23)CC1. The Kier molecular flexibility index (Phi) is 4.02. The van der Waals surface area contributed by atoms with Gasteiger partial charge in [0.05, 0.1) is 11.6 Å².